The number of pyridine rings is 1. The van der Waals surface area contributed by atoms with Crippen molar-refractivity contribution in [2.24, 2.45) is 0 Å². The van der Waals surface area contributed by atoms with Crippen molar-refractivity contribution in [2.75, 3.05) is 5.32 Å². The molecule has 2 heterocycles. The maximum absolute atomic E-state index is 12.7. The molecule has 0 spiro atoms. The SMILES string of the molecule is Cc1c(C(=O)Nc2ccc3ccccc3n2)cnn1-c1ccccc1Cl. The van der Waals surface area contributed by atoms with Crippen molar-refractivity contribution in [1.82, 2.24) is 14.8 Å². The Morgan fingerprint density at radius 2 is 1.81 bits per heavy atom. The number of nitrogens with zero attached hydrogens (tertiary/aromatic N) is 3. The summed E-state index contributed by atoms with van der Waals surface area (Å²) in [5.41, 5.74) is 2.74. The van der Waals surface area contributed by atoms with Gasteiger partial charge in [0.2, 0.25) is 0 Å². The first-order valence-corrected chi connectivity index (χ1v) is 8.48. The van der Waals surface area contributed by atoms with Gasteiger partial charge in [0, 0.05) is 5.39 Å². The van der Waals surface area contributed by atoms with Crippen molar-refractivity contribution >= 4 is 34.2 Å². The first-order chi connectivity index (χ1) is 12.6. The molecule has 6 heteroatoms. The molecule has 0 bridgehead atoms. The van der Waals surface area contributed by atoms with Gasteiger partial charge < -0.3 is 5.32 Å². The van der Waals surface area contributed by atoms with Gasteiger partial charge in [0.15, 0.2) is 0 Å². The van der Waals surface area contributed by atoms with Crippen molar-refractivity contribution in [3.63, 3.8) is 0 Å². The van der Waals surface area contributed by atoms with Crippen LogP contribution >= 0.6 is 11.6 Å². The highest BCUT2D eigenvalue weighted by Gasteiger charge is 2.17. The Balaban J connectivity index is 1.63. The van der Waals surface area contributed by atoms with E-state index in [9.17, 15) is 4.79 Å². The summed E-state index contributed by atoms with van der Waals surface area (Å²) in [4.78, 5) is 17.1. The van der Waals surface area contributed by atoms with Crippen LogP contribution in [0.2, 0.25) is 5.02 Å². The Hall–Kier alpha value is -3.18. The van der Waals surface area contributed by atoms with Crippen LogP contribution in [0.4, 0.5) is 5.82 Å². The molecule has 1 amide bonds. The zero-order valence-corrected chi connectivity index (χ0v) is 14.7. The molecule has 0 radical (unpaired) electrons. The number of halogens is 1. The Morgan fingerprint density at radius 3 is 2.65 bits per heavy atom. The zero-order chi connectivity index (χ0) is 18.1. The van der Waals surface area contributed by atoms with Crippen LogP contribution in [0.25, 0.3) is 16.6 Å². The minimum atomic E-state index is -0.261. The number of benzene rings is 2. The summed E-state index contributed by atoms with van der Waals surface area (Å²) >= 11 is 6.23. The Kier molecular flexibility index (Phi) is 4.14. The molecule has 2 aromatic carbocycles. The van der Waals surface area contributed by atoms with E-state index in [1.165, 1.54) is 6.20 Å². The highest BCUT2D eigenvalue weighted by Crippen LogP contribution is 2.22. The van der Waals surface area contributed by atoms with Crippen LogP contribution in [0, 0.1) is 6.92 Å². The van der Waals surface area contributed by atoms with Gasteiger partial charge in [-0.05, 0) is 37.3 Å². The quantitative estimate of drug-likeness (QED) is 0.577. The van der Waals surface area contributed by atoms with Gasteiger partial charge in [-0.15, -0.1) is 0 Å². The molecule has 0 fully saturated rings. The Bertz CT molecular complexity index is 1120. The monoisotopic (exact) mass is 362 g/mol. The van der Waals surface area contributed by atoms with Gasteiger partial charge >= 0.3 is 0 Å². The van der Waals surface area contributed by atoms with Crippen LogP contribution in [0.3, 0.4) is 0 Å². The first-order valence-electron chi connectivity index (χ1n) is 8.10. The molecular weight excluding hydrogens is 348 g/mol. The number of anilines is 1. The summed E-state index contributed by atoms with van der Waals surface area (Å²) in [6.45, 7) is 1.83. The molecule has 128 valence electrons. The predicted octanol–water partition coefficient (Wildman–Crippen LogP) is 4.63. The molecule has 0 aliphatic carbocycles. The lowest BCUT2D eigenvalue weighted by Gasteiger charge is -2.08. The smallest absolute Gasteiger partial charge is 0.260 e. The molecule has 4 aromatic rings. The van der Waals surface area contributed by atoms with E-state index in [0.717, 1.165) is 16.6 Å². The number of amides is 1. The highest BCUT2D eigenvalue weighted by molar-refractivity contribution is 6.32. The number of carbonyl (C=O) groups is 1. The van der Waals surface area contributed by atoms with E-state index in [1.807, 2.05) is 55.5 Å². The predicted molar refractivity (Wildman–Crippen MR) is 103 cm³/mol. The lowest BCUT2D eigenvalue weighted by atomic mass is 10.2. The van der Waals surface area contributed by atoms with E-state index in [-0.39, 0.29) is 5.91 Å². The van der Waals surface area contributed by atoms with Gasteiger partial charge in [0.05, 0.1) is 33.7 Å². The molecule has 1 N–H and O–H groups in total. The second-order valence-corrected chi connectivity index (χ2v) is 6.26. The highest BCUT2D eigenvalue weighted by atomic mass is 35.5. The van der Waals surface area contributed by atoms with Crippen molar-refractivity contribution in [2.45, 2.75) is 6.92 Å². The summed E-state index contributed by atoms with van der Waals surface area (Å²) in [6, 6.07) is 18.8. The number of hydrogen-bond acceptors (Lipinski definition) is 3. The number of para-hydroxylation sites is 2. The molecule has 0 unspecified atom stereocenters. The third kappa shape index (κ3) is 2.93. The van der Waals surface area contributed by atoms with Crippen molar-refractivity contribution in [3.8, 4) is 5.69 Å². The second kappa shape index (κ2) is 6.61. The Morgan fingerprint density at radius 1 is 1.04 bits per heavy atom. The number of fused-ring (bicyclic) bond motifs is 1. The van der Waals surface area contributed by atoms with Gasteiger partial charge in [-0.1, -0.05) is 41.9 Å². The number of carbonyl (C=O) groups excluding carboxylic acids is 1. The van der Waals surface area contributed by atoms with Crippen LogP contribution in [0.5, 0.6) is 0 Å². The average Bonchev–Trinajstić information content (AvgIpc) is 3.03. The van der Waals surface area contributed by atoms with Gasteiger partial charge in [-0.2, -0.15) is 5.10 Å². The van der Waals surface area contributed by atoms with E-state index in [1.54, 1.807) is 16.8 Å². The lowest BCUT2D eigenvalue weighted by molar-refractivity contribution is 0.102. The fourth-order valence-electron chi connectivity index (χ4n) is 2.82. The minimum Gasteiger partial charge on any atom is -0.306 e. The Labute approximate surface area is 155 Å². The van der Waals surface area contributed by atoms with E-state index >= 15 is 0 Å². The third-order valence-electron chi connectivity index (χ3n) is 4.18. The summed E-state index contributed by atoms with van der Waals surface area (Å²) in [5.74, 6) is 0.238. The molecule has 0 aliphatic rings. The van der Waals surface area contributed by atoms with Crippen molar-refractivity contribution in [1.29, 1.82) is 0 Å². The van der Waals surface area contributed by atoms with Crippen molar-refractivity contribution < 1.29 is 4.79 Å². The maximum atomic E-state index is 12.7. The topological polar surface area (TPSA) is 59.8 Å². The van der Waals surface area contributed by atoms with Gasteiger partial charge in [-0.3, -0.25) is 4.79 Å². The first kappa shape index (κ1) is 16.3. The largest absolute Gasteiger partial charge is 0.306 e. The average molecular weight is 363 g/mol. The van der Waals surface area contributed by atoms with Crippen LogP contribution in [-0.4, -0.2) is 20.7 Å². The number of nitrogens with one attached hydrogen (secondary N) is 1. The molecule has 0 atom stereocenters. The van der Waals surface area contributed by atoms with Crippen LogP contribution < -0.4 is 5.32 Å². The standard InChI is InChI=1S/C20H15ClN4O/c1-13-15(12-22-25(13)18-9-5-3-7-16(18)21)20(26)24-19-11-10-14-6-2-4-8-17(14)23-19/h2-12H,1H3,(H,23,24,26). The number of hydrogen-bond donors (Lipinski definition) is 1. The normalized spacial score (nSPS) is 10.8. The molecule has 0 aliphatic heterocycles. The second-order valence-electron chi connectivity index (χ2n) is 5.85. The van der Waals surface area contributed by atoms with Gasteiger partial charge in [0.25, 0.3) is 5.91 Å². The van der Waals surface area contributed by atoms with Gasteiger partial charge in [-0.25, -0.2) is 9.67 Å². The van der Waals surface area contributed by atoms with E-state index in [2.05, 4.69) is 15.4 Å². The fraction of sp³-hybridized carbons (Fsp3) is 0.0500. The molecule has 0 saturated carbocycles. The summed E-state index contributed by atoms with van der Waals surface area (Å²) in [7, 11) is 0. The summed E-state index contributed by atoms with van der Waals surface area (Å²) in [5, 5.41) is 8.74. The summed E-state index contributed by atoms with van der Waals surface area (Å²) < 4.78 is 1.66. The minimum absolute atomic E-state index is 0.261. The summed E-state index contributed by atoms with van der Waals surface area (Å²) in [6.07, 6.45) is 1.54. The number of aromatic nitrogens is 3. The van der Waals surface area contributed by atoms with Crippen LogP contribution in [-0.2, 0) is 0 Å². The maximum Gasteiger partial charge on any atom is 0.260 e. The third-order valence-corrected chi connectivity index (χ3v) is 4.49. The molecule has 2 aromatic heterocycles. The van der Waals surface area contributed by atoms with E-state index in [4.69, 9.17) is 11.6 Å². The van der Waals surface area contributed by atoms with Crippen LogP contribution in [0.15, 0.2) is 66.9 Å². The van der Waals surface area contributed by atoms with Gasteiger partial charge in [0.1, 0.15) is 5.82 Å². The molecule has 5 nitrogen and oxygen atoms in total. The molecule has 26 heavy (non-hydrogen) atoms. The lowest BCUT2D eigenvalue weighted by Crippen LogP contribution is -2.14. The van der Waals surface area contributed by atoms with E-state index < -0.39 is 0 Å². The zero-order valence-electron chi connectivity index (χ0n) is 14.0. The van der Waals surface area contributed by atoms with Crippen LogP contribution in [0.1, 0.15) is 16.1 Å². The number of rotatable bonds is 3. The molecule has 4 rings (SSSR count). The van der Waals surface area contributed by atoms with Crippen molar-refractivity contribution in [3.05, 3.63) is 83.1 Å². The molecule has 0 saturated heterocycles. The molecular formula is C20H15ClN4O. The van der Waals surface area contributed by atoms with E-state index in [0.29, 0.717) is 22.1 Å². The fourth-order valence-corrected chi connectivity index (χ4v) is 3.03.